The highest BCUT2D eigenvalue weighted by Gasteiger charge is 2.21. The third-order valence-corrected chi connectivity index (χ3v) is 3.06. The van der Waals surface area contributed by atoms with Gasteiger partial charge in [-0.25, -0.2) is 4.79 Å². The monoisotopic (exact) mass is 233 g/mol. The molecule has 0 unspecified atom stereocenters. The van der Waals surface area contributed by atoms with Gasteiger partial charge in [-0.05, 0) is 31.0 Å². The molecule has 2 rings (SSSR count). The summed E-state index contributed by atoms with van der Waals surface area (Å²) in [5.74, 6) is -0.280. The summed E-state index contributed by atoms with van der Waals surface area (Å²) in [5, 5.41) is 0.924. The highest BCUT2D eigenvalue weighted by atomic mass is 16.5. The van der Waals surface area contributed by atoms with Gasteiger partial charge in [-0.3, -0.25) is 0 Å². The van der Waals surface area contributed by atoms with Crippen LogP contribution in [0.1, 0.15) is 27.2 Å². The molecule has 0 spiro atoms. The van der Waals surface area contributed by atoms with Crippen molar-refractivity contribution in [2.24, 2.45) is 5.73 Å². The van der Waals surface area contributed by atoms with Crippen LogP contribution >= 0.6 is 0 Å². The summed E-state index contributed by atoms with van der Waals surface area (Å²) < 4.78 is 10.2. The lowest BCUT2D eigenvalue weighted by atomic mass is 10.0. The minimum atomic E-state index is -0.487. The number of ether oxygens (including phenoxy) is 1. The Morgan fingerprint density at radius 3 is 2.71 bits per heavy atom. The van der Waals surface area contributed by atoms with Gasteiger partial charge in [0.2, 0.25) is 5.76 Å². The van der Waals surface area contributed by atoms with Gasteiger partial charge in [0.1, 0.15) is 5.58 Å². The van der Waals surface area contributed by atoms with Crippen molar-refractivity contribution in [2.45, 2.75) is 20.4 Å². The average Bonchev–Trinajstić information content (AvgIpc) is 2.72. The zero-order valence-electron chi connectivity index (χ0n) is 10.2. The van der Waals surface area contributed by atoms with Gasteiger partial charge in [-0.1, -0.05) is 6.07 Å². The van der Waals surface area contributed by atoms with E-state index in [0.29, 0.717) is 11.1 Å². The Bertz CT molecular complexity index is 584. The number of hydrogen-bond acceptors (Lipinski definition) is 4. The second-order valence-corrected chi connectivity index (χ2v) is 3.99. The SMILES string of the molecule is COC(=O)c1oc2ccc(C)c(C)c2c1CN. The lowest BCUT2D eigenvalue weighted by Crippen LogP contribution is -2.06. The number of benzene rings is 1. The number of methoxy groups -OCH3 is 1. The maximum atomic E-state index is 11.6. The van der Waals surface area contributed by atoms with Crippen LogP contribution in [-0.4, -0.2) is 13.1 Å². The number of rotatable bonds is 2. The molecule has 0 aliphatic heterocycles. The second-order valence-electron chi connectivity index (χ2n) is 3.99. The summed E-state index contributed by atoms with van der Waals surface area (Å²) in [5.41, 5.74) is 9.32. The van der Waals surface area contributed by atoms with E-state index >= 15 is 0 Å². The summed E-state index contributed by atoms with van der Waals surface area (Å²) in [4.78, 5) is 11.6. The Morgan fingerprint density at radius 1 is 1.41 bits per heavy atom. The molecule has 2 N–H and O–H groups in total. The van der Waals surface area contributed by atoms with E-state index in [9.17, 15) is 4.79 Å². The van der Waals surface area contributed by atoms with Crippen LogP contribution in [0.15, 0.2) is 16.5 Å². The largest absolute Gasteiger partial charge is 0.463 e. The normalized spacial score (nSPS) is 10.8. The zero-order valence-corrected chi connectivity index (χ0v) is 10.2. The number of esters is 1. The molecule has 0 atom stereocenters. The fourth-order valence-electron chi connectivity index (χ4n) is 1.99. The van der Waals surface area contributed by atoms with Crippen molar-refractivity contribution < 1.29 is 13.9 Å². The number of fused-ring (bicyclic) bond motifs is 1. The van der Waals surface area contributed by atoms with Gasteiger partial charge in [0, 0.05) is 17.5 Å². The summed E-state index contributed by atoms with van der Waals surface area (Å²) in [6.07, 6.45) is 0. The lowest BCUT2D eigenvalue weighted by Gasteiger charge is -2.02. The number of carbonyl (C=O) groups excluding carboxylic acids is 1. The Labute approximate surface area is 99.3 Å². The maximum absolute atomic E-state index is 11.6. The highest BCUT2D eigenvalue weighted by Crippen LogP contribution is 2.30. The van der Waals surface area contributed by atoms with E-state index in [0.717, 1.165) is 16.5 Å². The van der Waals surface area contributed by atoms with Crippen LogP contribution in [0.3, 0.4) is 0 Å². The molecule has 2 aromatic rings. The Morgan fingerprint density at radius 2 is 2.12 bits per heavy atom. The molecule has 0 radical (unpaired) electrons. The number of nitrogens with two attached hydrogens (primary N) is 1. The molecular weight excluding hydrogens is 218 g/mol. The van der Waals surface area contributed by atoms with Crippen molar-refractivity contribution in [3.05, 3.63) is 34.6 Å². The summed E-state index contributed by atoms with van der Waals surface area (Å²) in [6.45, 7) is 4.26. The second kappa shape index (κ2) is 4.22. The standard InChI is InChI=1S/C13H15NO3/c1-7-4-5-10-11(8(7)2)9(6-14)12(17-10)13(15)16-3/h4-5H,6,14H2,1-3H3. The minimum Gasteiger partial charge on any atom is -0.463 e. The predicted molar refractivity (Wildman–Crippen MR) is 64.9 cm³/mol. The topological polar surface area (TPSA) is 65.5 Å². The van der Waals surface area contributed by atoms with Gasteiger partial charge >= 0.3 is 5.97 Å². The highest BCUT2D eigenvalue weighted by molar-refractivity contribution is 5.97. The van der Waals surface area contributed by atoms with Gasteiger partial charge in [0.05, 0.1) is 7.11 Å². The van der Waals surface area contributed by atoms with E-state index in [1.165, 1.54) is 7.11 Å². The van der Waals surface area contributed by atoms with Crippen LogP contribution in [0.5, 0.6) is 0 Å². The van der Waals surface area contributed by atoms with Gasteiger partial charge < -0.3 is 14.9 Å². The Kier molecular flexibility index (Phi) is 2.90. The molecule has 17 heavy (non-hydrogen) atoms. The van der Waals surface area contributed by atoms with Crippen LogP contribution in [0, 0.1) is 13.8 Å². The number of furan rings is 1. The van der Waals surface area contributed by atoms with Crippen molar-refractivity contribution in [3.8, 4) is 0 Å². The molecule has 4 nitrogen and oxygen atoms in total. The van der Waals surface area contributed by atoms with Crippen molar-refractivity contribution in [3.63, 3.8) is 0 Å². The third-order valence-electron chi connectivity index (χ3n) is 3.06. The molecule has 0 saturated carbocycles. The van der Waals surface area contributed by atoms with E-state index in [1.54, 1.807) is 0 Å². The van der Waals surface area contributed by atoms with Crippen LogP contribution in [0.2, 0.25) is 0 Å². The van der Waals surface area contributed by atoms with Crippen LogP contribution < -0.4 is 5.73 Å². The predicted octanol–water partition coefficient (Wildman–Crippen LogP) is 2.29. The summed E-state index contributed by atoms with van der Waals surface area (Å²) >= 11 is 0. The van der Waals surface area contributed by atoms with Crippen LogP contribution in [0.25, 0.3) is 11.0 Å². The molecule has 90 valence electrons. The van der Waals surface area contributed by atoms with Crippen molar-refractivity contribution in [1.29, 1.82) is 0 Å². The third kappa shape index (κ3) is 1.70. The minimum absolute atomic E-state index is 0.207. The molecule has 1 aromatic heterocycles. The fourth-order valence-corrected chi connectivity index (χ4v) is 1.99. The zero-order chi connectivity index (χ0) is 12.6. The fraction of sp³-hybridized carbons (Fsp3) is 0.308. The van der Waals surface area contributed by atoms with Crippen LogP contribution in [-0.2, 0) is 11.3 Å². The molecule has 1 heterocycles. The molecule has 4 heteroatoms. The van der Waals surface area contributed by atoms with Gasteiger partial charge in [0.15, 0.2) is 0 Å². The van der Waals surface area contributed by atoms with Gasteiger partial charge in [-0.2, -0.15) is 0 Å². The maximum Gasteiger partial charge on any atom is 0.374 e. The van der Waals surface area contributed by atoms with E-state index < -0.39 is 5.97 Å². The van der Waals surface area contributed by atoms with Crippen molar-refractivity contribution in [1.82, 2.24) is 0 Å². The average molecular weight is 233 g/mol. The van der Waals surface area contributed by atoms with Crippen molar-refractivity contribution in [2.75, 3.05) is 7.11 Å². The summed E-state index contributed by atoms with van der Waals surface area (Å²) in [7, 11) is 1.33. The molecule has 0 saturated heterocycles. The molecule has 0 bridgehead atoms. The smallest absolute Gasteiger partial charge is 0.374 e. The van der Waals surface area contributed by atoms with Crippen molar-refractivity contribution >= 4 is 16.9 Å². The molecule has 0 aliphatic rings. The molecule has 1 aromatic carbocycles. The number of carbonyl (C=O) groups is 1. The van der Waals surface area contributed by atoms with E-state index in [-0.39, 0.29) is 12.3 Å². The van der Waals surface area contributed by atoms with E-state index in [4.69, 9.17) is 14.9 Å². The number of aryl methyl sites for hydroxylation is 2. The van der Waals surface area contributed by atoms with Gasteiger partial charge in [-0.15, -0.1) is 0 Å². The van der Waals surface area contributed by atoms with Gasteiger partial charge in [0.25, 0.3) is 0 Å². The lowest BCUT2D eigenvalue weighted by molar-refractivity contribution is 0.0566. The summed E-state index contributed by atoms with van der Waals surface area (Å²) in [6, 6.07) is 3.81. The first-order chi connectivity index (χ1) is 8.10. The molecule has 0 fully saturated rings. The number of hydrogen-bond donors (Lipinski definition) is 1. The molecular formula is C13H15NO3. The first-order valence-corrected chi connectivity index (χ1v) is 5.40. The van der Waals surface area contributed by atoms with E-state index in [1.807, 2.05) is 26.0 Å². The van der Waals surface area contributed by atoms with E-state index in [2.05, 4.69) is 0 Å². The van der Waals surface area contributed by atoms with Crippen LogP contribution in [0.4, 0.5) is 0 Å². The quantitative estimate of drug-likeness (QED) is 0.808. The first-order valence-electron chi connectivity index (χ1n) is 5.40. The first kappa shape index (κ1) is 11.7. The Balaban J connectivity index is 2.81. The molecule has 0 aliphatic carbocycles. The molecule has 0 amide bonds. The Hall–Kier alpha value is -1.81.